The number of benzene rings is 2. The van der Waals surface area contributed by atoms with Crippen molar-refractivity contribution in [3.63, 3.8) is 0 Å². The third-order valence-corrected chi connectivity index (χ3v) is 6.20. The molecule has 0 aliphatic carbocycles. The summed E-state index contributed by atoms with van der Waals surface area (Å²) in [5.74, 6) is 2.63. The largest absolute Gasteiger partial charge is 0.497 e. The first-order chi connectivity index (χ1) is 18.8. The predicted molar refractivity (Wildman–Crippen MR) is 148 cm³/mol. The minimum atomic E-state index is -0.271. The minimum absolute atomic E-state index is 0.0802. The molecule has 0 saturated carbocycles. The second-order valence-electron chi connectivity index (χ2n) is 9.51. The van der Waals surface area contributed by atoms with Gasteiger partial charge in [-0.3, -0.25) is 9.59 Å². The van der Waals surface area contributed by atoms with E-state index in [2.05, 4.69) is 0 Å². The van der Waals surface area contributed by atoms with Crippen molar-refractivity contribution in [1.29, 1.82) is 0 Å². The average molecular weight is 539 g/mol. The van der Waals surface area contributed by atoms with Gasteiger partial charge in [0.2, 0.25) is 5.91 Å². The van der Waals surface area contributed by atoms with E-state index < -0.39 is 0 Å². The van der Waals surface area contributed by atoms with Crippen LogP contribution >= 0.6 is 0 Å². The second-order valence-corrected chi connectivity index (χ2v) is 9.51. The fraction of sp³-hybridized carbons (Fsp3) is 0.400. The van der Waals surface area contributed by atoms with Crippen LogP contribution in [0.3, 0.4) is 0 Å². The van der Waals surface area contributed by atoms with Gasteiger partial charge in [-0.15, -0.1) is 0 Å². The van der Waals surface area contributed by atoms with Crippen molar-refractivity contribution in [3.05, 3.63) is 71.7 Å². The third-order valence-electron chi connectivity index (χ3n) is 6.20. The van der Waals surface area contributed by atoms with Crippen LogP contribution < -0.4 is 18.9 Å². The lowest BCUT2D eigenvalue weighted by Gasteiger charge is -2.28. The Morgan fingerprint density at radius 2 is 1.54 bits per heavy atom. The molecule has 1 aromatic heterocycles. The van der Waals surface area contributed by atoms with E-state index in [0.29, 0.717) is 53.8 Å². The zero-order chi connectivity index (χ0) is 28.4. The van der Waals surface area contributed by atoms with Gasteiger partial charge in [0.15, 0.2) is 11.5 Å². The molecule has 0 aliphatic rings. The Labute approximate surface area is 230 Å². The number of amides is 2. The fourth-order valence-electron chi connectivity index (χ4n) is 4.22. The molecule has 3 rings (SSSR count). The molecule has 39 heavy (non-hydrogen) atoms. The molecule has 9 nitrogen and oxygen atoms in total. The summed E-state index contributed by atoms with van der Waals surface area (Å²) in [6.07, 6.45) is 2.16. The topological polar surface area (TPSA) is 90.7 Å². The zero-order valence-electron chi connectivity index (χ0n) is 23.6. The minimum Gasteiger partial charge on any atom is -0.497 e. The number of hydrogen-bond acceptors (Lipinski definition) is 7. The molecular formula is C30H38N2O7. The Balaban J connectivity index is 1.82. The number of rotatable bonds is 14. The van der Waals surface area contributed by atoms with Gasteiger partial charge in [0.1, 0.15) is 23.8 Å². The van der Waals surface area contributed by atoms with Crippen LogP contribution in [0.25, 0.3) is 0 Å². The number of hydrogen-bond donors (Lipinski definition) is 0. The summed E-state index contributed by atoms with van der Waals surface area (Å²) >= 11 is 0. The molecule has 3 aromatic rings. The van der Waals surface area contributed by atoms with Gasteiger partial charge in [-0.1, -0.05) is 19.9 Å². The summed E-state index contributed by atoms with van der Waals surface area (Å²) in [6, 6.07) is 14.3. The van der Waals surface area contributed by atoms with E-state index in [1.807, 2.05) is 38.1 Å². The number of nitrogens with zero attached hydrogens (tertiary/aromatic N) is 2. The van der Waals surface area contributed by atoms with Gasteiger partial charge in [0.25, 0.3) is 5.91 Å². The molecule has 0 fully saturated rings. The van der Waals surface area contributed by atoms with Crippen molar-refractivity contribution >= 4 is 11.8 Å². The Kier molecular flexibility index (Phi) is 10.7. The van der Waals surface area contributed by atoms with Crippen molar-refractivity contribution in [1.82, 2.24) is 9.80 Å². The van der Waals surface area contributed by atoms with Gasteiger partial charge in [-0.25, -0.2) is 0 Å². The lowest BCUT2D eigenvalue weighted by Crippen LogP contribution is -2.44. The van der Waals surface area contributed by atoms with Crippen LogP contribution in [-0.4, -0.2) is 69.7 Å². The molecule has 2 amide bonds. The normalized spacial score (nSPS) is 10.7. The van der Waals surface area contributed by atoms with Gasteiger partial charge < -0.3 is 33.2 Å². The molecule has 9 heteroatoms. The molecule has 0 saturated heterocycles. The Bertz CT molecular complexity index is 1200. The lowest BCUT2D eigenvalue weighted by molar-refractivity contribution is -0.132. The number of carbonyl (C=O) groups excluding carboxylic acids is 2. The predicted octanol–water partition coefficient (Wildman–Crippen LogP) is 4.68. The Hall–Kier alpha value is -4.14. The maximum Gasteiger partial charge on any atom is 0.254 e. The van der Waals surface area contributed by atoms with Crippen molar-refractivity contribution < 1.29 is 33.0 Å². The summed E-state index contributed by atoms with van der Waals surface area (Å²) in [4.78, 5) is 30.6. The molecule has 0 unspecified atom stereocenters. The van der Waals surface area contributed by atoms with Crippen molar-refractivity contribution in [2.45, 2.75) is 26.8 Å². The van der Waals surface area contributed by atoms with Crippen LogP contribution in [0.5, 0.6) is 23.0 Å². The van der Waals surface area contributed by atoms with Crippen LogP contribution in [0, 0.1) is 5.92 Å². The van der Waals surface area contributed by atoms with E-state index >= 15 is 0 Å². The molecule has 0 bridgehead atoms. The van der Waals surface area contributed by atoms with Crippen LogP contribution in [0.2, 0.25) is 0 Å². The number of methoxy groups -OCH3 is 4. The molecule has 0 spiro atoms. The maximum atomic E-state index is 13.7. The second kappa shape index (κ2) is 14.1. The fourth-order valence-corrected chi connectivity index (χ4v) is 4.22. The molecule has 210 valence electrons. The molecule has 1 heterocycles. The highest BCUT2D eigenvalue weighted by Crippen LogP contribution is 2.28. The van der Waals surface area contributed by atoms with Crippen molar-refractivity contribution in [2.24, 2.45) is 5.92 Å². The first-order valence-corrected chi connectivity index (χ1v) is 12.8. The lowest BCUT2D eigenvalue weighted by atomic mass is 10.1. The number of furan rings is 1. The monoisotopic (exact) mass is 538 g/mol. The van der Waals surface area contributed by atoms with E-state index in [0.717, 1.165) is 5.56 Å². The smallest absolute Gasteiger partial charge is 0.254 e. The van der Waals surface area contributed by atoms with E-state index in [9.17, 15) is 9.59 Å². The molecule has 2 aromatic carbocycles. The van der Waals surface area contributed by atoms with E-state index in [4.69, 9.17) is 23.4 Å². The van der Waals surface area contributed by atoms with Gasteiger partial charge in [0, 0.05) is 24.7 Å². The Morgan fingerprint density at radius 3 is 2.10 bits per heavy atom. The quantitative estimate of drug-likeness (QED) is 0.294. The molecule has 0 N–H and O–H groups in total. The average Bonchev–Trinajstić information content (AvgIpc) is 3.46. The SMILES string of the molecule is COc1cc(OC)cc(C(=O)N(CC(=O)N(CCc2ccc(OC)c(OC)c2)Cc2ccco2)CC(C)C)c1. The maximum absolute atomic E-state index is 13.7. The summed E-state index contributed by atoms with van der Waals surface area (Å²) in [5, 5.41) is 0. The Morgan fingerprint density at radius 1 is 0.846 bits per heavy atom. The van der Waals surface area contributed by atoms with Crippen LogP contribution in [0.1, 0.15) is 35.5 Å². The van der Waals surface area contributed by atoms with Crippen LogP contribution in [0.4, 0.5) is 0 Å². The highest BCUT2D eigenvalue weighted by molar-refractivity contribution is 5.97. The van der Waals surface area contributed by atoms with E-state index in [1.165, 1.54) is 14.2 Å². The first-order valence-electron chi connectivity index (χ1n) is 12.8. The van der Waals surface area contributed by atoms with Gasteiger partial charge in [-0.2, -0.15) is 0 Å². The molecule has 0 atom stereocenters. The summed E-state index contributed by atoms with van der Waals surface area (Å²) in [6.45, 7) is 5.06. The summed E-state index contributed by atoms with van der Waals surface area (Å²) < 4.78 is 27.0. The highest BCUT2D eigenvalue weighted by Gasteiger charge is 2.25. The molecular weight excluding hydrogens is 500 g/mol. The van der Waals surface area contributed by atoms with Crippen molar-refractivity contribution in [2.75, 3.05) is 48.1 Å². The van der Waals surface area contributed by atoms with E-state index in [1.54, 1.807) is 54.5 Å². The van der Waals surface area contributed by atoms with Gasteiger partial charge in [0.05, 0.1) is 41.2 Å². The van der Waals surface area contributed by atoms with Crippen LogP contribution in [-0.2, 0) is 17.8 Å². The van der Waals surface area contributed by atoms with Crippen molar-refractivity contribution in [3.8, 4) is 23.0 Å². The van der Waals surface area contributed by atoms with Gasteiger partial charge in [-0.05, 0) is 54.3 Å². The third kappa shape index (κ3) is 8.17. The van der Waals surface area contributed by atoms with Crippen LogP contribution in [0.15, 0.2) is 59.2 Å². The van der Waals surface area contributed by atoms with E-state index in [-0.39, 0.29) is 30.8 Å². The number of carbonyl (C=O) groups is 2. The first kappa shape index (κ1) is 29.4. The van der Waals surface area contributed by atoms with Gasteiger partial charge >= 0.3 is 0 Å². The zero-order valence-corrected chi connectivity index (χ0v) is 23.6. The molecule has 0 radical (unpaired) electrons. The highest BCUT2D eigenvalue weighted by atomic mass is 16.5. The summed E-state index contributed by atoms with van der Waals surface area (Å²) in [7, 11) is 6.24. The standard InChI is InChI=1S/C30H38N2O7/c1-21(2)18-32(30(34)23-15-25(35-3)17-26(16-23)36-4)20-29(33)31(19-24-8-7-13-39-24)12-11-22-9-10-27(37-5)28(14-22)38-6/h7-10,13-17,21H,11-12,18-20H2,1-6H3. The molecule has 0 aliphatic heterocycles. The summed E-state index contributed by atoms with van der Waals surface area (Å²) in [5.41, 5.74) is 1.38. The number of ether oxygens (including phenoxy) is 4.